The van der Waals surface area contributed by atoms with Gasteiger partial charge in [-0.1, -0.05) is 11.8 Å². The lowest BCUT2D eigenvalue weighted by Crippen LogP contribution is -1.61. The average Bonchev–Trinajstić information content (AvgIpc) is 2.31. The molecule has 0 unspecified atom stereocenters. The molecular formula is C8H8S2. The molecule has 1 aromatic heterocycles. The molecule has 0 nitrogen and oxygen atoms in total. The van der Waals surface area contributed by atoms with Gasteiger partial charge >= 0.3 is 0 Å². The van der Waals surface area contributed by atoms with Gasteiger partial charge in [0.25, 0.3) is 0 Å². The smallest absolute Gasteiger partial charge is 0.0771 e. The summed E-state index contributed by atoms with van der Waals surface area (Å²) < 4.78 is 0. The second-order valence-electron chi connectivity index (χ2n) is 1.87. The third kappa shape index (κ3) is 2.09. The summed E-state index contributed by atoms with van der Waals surface area (Å²) in [5.41, 5.74) is 0. The third-order valence-electron chi connectivity index (χ3n) is 1.03. The Hall–Kier alpha value is -0.390. The maximum absolute atomic E-state index is 3.99. The third-order valence-corrected chi connectivity index (χ3v) is 2.11. The van der Waals surface area contributed by atoms with Gasteiger partial charge in [0.1, 0.15) is 0 Å². The van der Waals surface area contributed by atoms with Crippen LogP contribution >= 0.6 is 24.0 Å². The van der Waals surface area contributed by atoms with Crippen LogP contribution in [-0.2, 0) is 0 Å². The Morgan fingerprint density at radius 1 is 1.60 bits per heavy atom. The van der Waals surface area contributed by atoms with Gasteiger partial charge < -0.3 is 0 Å². The van der Waals surface area contributed by atoms with E-state index in [4.69, 9.17) is 0 Å². The monoisotopic (exact) mass is 168 g/mol. The van der Waals surface area contributed by atoms with Gasteiger partial charge in [0.05, 0.1) is 10.6 Å². The summed E-state index contributed by atoms with van der Waals surface area (Å²) in [4.78, 5) is 2.44. The lowest BCUT2D eigenvalue weighted by atomic mass is 10.4. The Bertz CT molecular complexity index is 262. The van der Waals surface area contributed by atoms with E-state index in [1.807, 2.05) is 6.07 Å². The van der Waals surface area contributed by atoms with Crippen LogP contribution in [0.1, 0.15) is 9.75 Å². The van der Waals surface area contributed by atoms with Crippen LogP contribution in [0.15, 0.2) is 12.1 Å². The van der Waals surface area contributed by atoms with E-state index in [1.54, 1.807) is 11.3 Å². The number of hydrogen-bond donors (Lipinski definition) is 1. The topological polar surface area (TPSA) is 0 Å². The van der Waals surface area contributed by atoms with E-state index in [0.29, 0.717) is 5.75 Å². The SMILES string of the molecule is Cc1ccc(C#CCS)s1. The largest absolute Gasteiger partial charge is 0.166 e. The fourth-order valence-electron chi connectivity index (χ4n) is 0.628. The predicted molar refractivity (Wildman–Crippen MR) is 49.8 cm³/mol. The van der Waals surface area contributed by atoms with Gasteiger partial charge in [-0.2, -0.15) is 12.6 Å². The van der Waals surface area contributed by atoms with Gasteiger partial charge in [-0.15, -0.1) is 11.3 Å². The van der Waals surface area contributed by atoms with E-state index in [0.717, 1.165) is 4.88 Å². The van der Waals surface area contributed by atoms with Crippen molar-refractivity contribution in [1.29, 1.82) is 0 Å². The van der Waals surface area contributed by atoms with Gasteiger partial charge in [0.15, 0.2) is 0 Å². The molecule has 0 spiro atoms. The Morgan fingerprint density at radius 2 is 2.40 bits per heavy atom. The van der Waals surface area contributed by atoms with Crippen LogP contribution < -0.4 is 0 Å². The zero-order chi connectivity index (χ0) is 7.40. The molecule has 0 saturated heterocycles. The average molecular weight is 168 g/mol. The van der Waals surface area contributed by atoms with Crippen molar-refractivity contribution in [2.75, 3.05) is 5.75 Å². The van der Waals surface area contributed by atoms with Crippen LogP contribution in [0.5, 0.6) is 0 Å². The van der Waals surface area contributed by atoms with Crippen molar-refractivity contribution in [2.45, 2.75) is 6.92 Å². The summed E-state index contributed by atoms with van der Waals surface area (Å²) in [6, 6.07) is 4.11. The maximum Gasteiger partial charge on any atom is 0.0771 e. The minimum atomic E-state index is 0.636. The van der Waals surface area contributed by atoms with E-state index in [1.165, 1.54) is 4.88 Å². The highest BCUT2D eigenvalue weighted by molar-refractivity contribution is 7.80. The molecule has 0 bridgehead atoms. The van der Waals surface area contributed by atoms with Crippen LogP contribution in [0.4, 0.5) is 0 Å². The van der Waals surface area contributed by atoms with Crippen molar-refractivity contribution in [3.05, 3.63) is 21.9 Å². The first-order valence-electron chi connectivity index (χ1n) is 2.99. The van der Waals surface area contributed by atoms with Gasteiger partial charge in [0, 0.05) is 4.88 Å². The molecule has 0 aliphatic carbocycles. The number of aryl methyl sites for hydroxylation is 1. The summed E-state index contributed by atoms with van der Waals surface area (Å²) in [7, 11) is 0. The molecule has 0 aliphatic rings. The summed E-state index contributed by atoms with van der Waals surface area (Å²) in [6.45, 7) is 2.08. The molecule has 0 atom stereocenters. The second-order valence-corrected chi connectivity index (χ2v) is 3.47. The molecular weight excluding hydrogens is 160 g/mol. The number of thiophene rings is 1. The predicted octanol–water partition coefficient (Wildman–Crippen LogP) is 2.34. The van der Waals surface area contributed by atoms with E-state index >= 15 is 0 Å². The van der Waals surface area contributed by atoms with Crippen LogP contribution in [0.2, 0.25) is 0 Å². The first-order chi connectivity index (χ1) is 4.83. The maximum atomic E-state index is 3.99. The minimum absolute atomic E-state index is 0.636. The Labute approximate surface area is 70.7 Å². The molecule has 0 amide bonds. The lowest BCUT2D eigenvalue weighted by Gasteiger charge is -1.74. The fourth-order valence-corrected chi connectivity index (χ4v) is 1.45. The second kappa shape index (κ2) is 3.70. The molecule has 0 fully saturated rings. The van der Waals surface area contributed by atoms with E-state index < -0.39 is 0 Å². The zero-order valence-corrected chi connectivity index (χ0v) is 7.43. The lowest BCUT2D eigenvalue weighted by molar-refractivity contribution is 1.64. The molecule has 1 aromatic rings. The van der Waals surface area contributed by atoms with Gasteiger partial charge in [-0.25, -0.2) is 0 Å². The highest BCUT2D eigenvalue weighted by Gasteiger charge is 1.88. The summed E-state index contributed by atoms with van der Waals surface area (Å²) in [6.07, 6.45) is 0. The molecule has 0 radical (unpaired) electrons. The van der Waals surface area contributed by atoms with Crippen LogP contribution in [-0.4, -0.2) is 5.75 Å². The highest BCUT2D eigenvalue weighted by Crippen LogP contribution is 2.12. The van der Waals surface area contributed by atoms with E-state index in [-0.39, 0.29) is 0 Å². The quantitative estimate of drug-likeness (QED) is 0.446. The standard InChI is InChI=1S/C8H8S2/c1-7-4-5-8(10-7)3-2-6-9/h4-5,9H,6H2,1H3. The van der Waals surface area contributed by atoms with Crippen molar-refractivity contribution < 1.29 is 0 Å². The Morgan fingerprint density at radius 3 is 2.90 bits per heavy atom. The number of rotatable bonds is 0. The summed E-state index contributed by atoms with van der Waals surface area (Å²) in [5.74, 6) is 6.55. The summed E-state index contributed by atoms with van der Waals surface area (Å²) in [5, 5.41) is 0. The normalized spacial score (nSPS) is 8.60. The number of thiol groups is 1. The van der Waals surface area contributed by atoms with Crippen molar-refractivity contribution in [1.82, 2.24) is 0 Å². The van der Waals surface area contributed by atoms with Gasteiger partial charge in [-0.05, 0) is 19.1 Å². The molecule has 1 rings (SSSR count). The molecule has 0 aliphatic heterocycles. The van der Waals surface area contributed by atoms with Crippen molar-refractivity contribution in [2.24, 2.45) is 0 Å². The van der Waals surface area contributed by atoms with Crippen LogP contribution in [0.25, 0.3) is 0 Å². The molecule has 0 N–H and O–H groups in total. The first kappa shape index (κ1) is 7.71. The number of hydrogen-bond acceptors (Lipinski definition) is 2. The fraction of sp³-hybridized carbons (Fsp3) is 0.250. The molecule has 52 valence electrons. The van der Waals surface area contributed by atoms with E-state index in [9.17, 15) is 0 Å². The molecule has 0 aromatic carbocycles. The van der Waals surface area contributed by atoms with Crippen LogP contribution in [0, 0.1) is 18.8 Å². The van der Waals surface area contributed by atoms with Crippen LogP contribution in [0.3, 0.4) is 0 Å². The van der Waals surface area contributed by atoms with E-state index in [2.05, 4.69) is 37.5 Å². The molecule has 2 heteroatoms. The zero-order valence-electron chi connectivity index (χ0n) is 5.72. The van der Waals surface area contributed by atoms with Crippen molar-refractivity contribution in [3.63, 3.8) is 0 Å². The Balaban J connectivity index is 2.76. The van der Waals surface area contributed by atoms with Crippen molar-refractivity contribution >= 4 is 24.0 Å². The van der Waals surface area contributed by atoms with Gasteiger partial charge in [-0.3, -0.25) is 0 Å². The highest BCUT2D eigenvalue weighted by atomic mass is 32.1. The summed E-state index contributed by atoms with van der Waals surface area (Å²) >= 11 is 5.71. The Kier molecular flexibility index (Phi) is 2.85. The molecule has 1 heterocycles. The molecule has 0 saturated carbocycles. The molecule has 10 heavy (non-hydrogen) atoms. The first-order valence-corrected chi connectivity index (χ1v) is 4.44. The minimum Gasteiger partial charge on any atom is -0.166 e. The van der Waals surface area contributed by atoms with Crippen molar-refractivity contribution in [3.8, 4) is 11.8 Å². The van der Waals surface area contributed by atoms with Gasteiger partial charge in [0.2, 0.25) is 0 Å².